The molecule has 0 unspecified atom stereocenters. The van der Waals surface area contributed by atoms with Crippen molar-refractivity contribution in [2.75, 3.05) is 39.2 Å². The van der Waals surface area contributed by atoms with Crippen LogP contribution in [0, 0.1) is 16.0 Å². The molecular weight excluding hydrogens is 270 g/mol. The number of ether oxygens (including phenoxy) is 1. The van der Waals surface area contributed by atoms with E-state index in [4.69, 9.17) is 4.74 Å². The van der Waals surface area contributed by atoms with Crippen LogP contribution in [-0.2, 0) is 11.3 Å². The van der Waals surface area contributed by atoms with E-state index in [1.54, 1.807) is 25.3 Å². The number of likely N-dealkylation sites (tertiary alicyclic amines) is 1. The molecule has 1 aromatic rings. The molecule has 1 N–H and O–H groups in total. The number of piperidine rings is 1. The van der Waals surface area contributed by atoms with Gasteiger partial charge in [0.05, 0.1) is 4.92 Å². The molecule has 0 aromatic heterocycles. The quantitative estimate of drug-likeness (QED) is 0.644. The Labute approximate surface area is 125 Å². The third-order valence-electron chi connectivity index (χ3n) is 4.07. The van der Waals surface area contributed by atoms with E-state index in [0.29, 0.717) is 5.92 Å². The van der Waals surface area contributed by atoms with Crippen LogP contribution in [0.4, 0.5) is 11.4 Å². The van der Waals surface area contributed by atoms with Crippen LogP contribution in [0.1, 0.15) is 18.4 Å². The Morgan fingerprint density at radius 3 is 2.71 bits per heavy atom. The molecule has 0 spiro atoms. The number of nitrogens with zero attached hydrogens (tertiary/aromatic N) is 2. The van der Waals surface area contributed by atoms with Crippen molar-refractivity contribution in [3.8, 4) is 0 Å². The van der Waals surface area contributed by atoms with Crippen molar-refractivity contribution >= 4 is 11.4 Å². The molecule has 0 atom stereocenters. The zero-order valence-electron chi connectivity index (χ0n) is 12.7. The minimum absolute atomic E-state index is 0.151. The highest BCUT2D eigenvalue weighted by Crippen LogP contribution is 2.25. The van der Waals surface area contributed by atoms with Gasteiger partial charge in [0.1, 0.15) is 0 Å². The summed E-state index contributed by atoms with van der Waals surface area (Å²) in [6, 6.07) is 5.00. The number of hydrogen-bond acceptors (Lipinski definition) is 5. The fourth-order valence-corrected chi connectivity index (χ4v) is 2.86. The Balaban J connectivity index is 2.02. The van der Waals surface area contributed by atoms with E-state index in [-0.39, 0.29) is 10.6 Å². The molecule has 6 heteroatoms. The van der Waals surface area contributed by atoms with Gasteiger partial charge in [-0.1, -0.05) is 0 Å². The van der Waals surface area contributed by atoms with Gasteiger partial charge in [-0.25, -0.2) is 0 Å². The molecule has 1 saturated heterocycles. The maximum atomic E-state index is 10.9. The summed E-state index contributed by atoms with van der Waals surface area (Å²) in [6.07, 6.45) is 2.25. The maximum absolute atomic E-state index is 10.9. The first-order valence-electron chi connectivity index (χ1n) is 7.30. The van der Waals surface area contributed by atoms with Crippen LogP contribution >= 0.6 is 0 Å². The van der Waals surface area contributed by atoms with Crippen molar-refractivity contribution in [3.63, 3.8) is 0 Å². The van der Waals surface area contributed by atoms with Gasteiger partial charge in [0.25, 0.3) is 5.69 Å². The molecule has 0 aliphatic carbocycles. The molecule has 0 bridgehead atoms. The third kappa shape index (κ3) is 4.15. The lowest BCUT2D eigenvalue weighted by Crippen LogP contribution is -2.34. The van der Waals surface area contributed by atoms with Crippen LogP contribution in [0.15, 0.2) is 18.2 Å². The Morgan fingerprint density at radius 2 is 2.14 bits per heavy atom. The maximum Gasteiger partial charge on any atom is 0.269 e. The van der Waals surface area contributed by atoms with E-state index in [1.807, 2.05) is 7.05 Å². The summed E-state index contributed by atoms with van der Waals surface area (Å²) in [6.45, 7) is 3.60. The first-order valence-corrected chi connectivity index (χ1v) is 7.30. The first-order chi connectivity index (χ1) is 10.1. The fourth-order valence-electron chi connectivity index (χ4n) is 2.86. The molecule has 1 aromatic carbocycles. The Kier molecular flexibility index (Phi) is 5.52. The lowest BCUT2D eigenvalue weighted by molar-refractivity contribution is -0.384. The van der Waals surface area contributed by atoms with Crippen LogP contribution in [0.25, 0.3) is 0 Å². The summed E-state index contributed by atoms with van der Waals surface area (Å²) in [5.41, 5.74) is 2.09. The number of methoxy groups -OCH3 is 1. The van der Waals surface area contributed by atoms with Crippen molar-refractivity contribution in [2.24, 2.45) is 5.92 Å². The van der Waals surface area contributed by atoms with Crippen molar-refractivity contribution in [3.05, 3.63) is 33.9 Å². The van der Waals surface area contributed by atoms with Gasteiger partial charge in [-0.05, 0) is 43.5 Å². The number of nitro benzene ring substituents is 1. The van der Waals surface area contributed by atoms with Crippen LogP contribution in [-0.4, -0.2) is 43.7 Å². The predicted octanol–water partition coefficient (Wildman–Crippen LogP) is 2.49. The summed E-state index contributed by atoms with van der Waals surface area (Å²) in [5, 5.41) is 14.0. The van der Waals surface area contributed by atoms with Gasteiger partial charge in [0, 0.05) is 45.1 Å². The Morgan fingerprint density at radius 1 is 1.43 bits per heavy atom. The van der Waals surface area contributed by atoms with Crippen LogP contribution in [0.3, 0.4) is 0 Å². The molecule has 1 heterocycles. The highest BCUT2D eigenvalue weighted by molar-refractivity contribution is 5.55. The van der Waals surface area contributed by atoms with E-state index < -0.39 is 0 Å². The molecule has 0 saturated carbocycles. The molecule has 1 aliphatic rings. The van der Waals surface area contributed by atoms with Gasteiger partial charge in [0.15, 0.2) is 0 Å². The van der Waals surface area contributed by atoms with Gasteiger partial charge >= 0.3 is 0 Å². The number of non-ortho nitro benzene ring substituents is 1. The smallest absolute Gasteiger partial charge is 0.269 e. The molecule has 2 rings (SSSR count). The van der Waals surface area contributed by atoms with E-state index in [1.165, 1.54) is 0 Å². The van der Waals surface area contributed by atoms with Crippen LogP contribution in [0.2, 0.25) is 0 Å². The average molecular weight is 293 g/mol. The third-order valence-corrected chi connectivity index (χ3v) is 4.07. The summed E-state index contributed by atoms with van der Waals surface area (Å²) >= 11 is 0. The number of nitrogens with one attached hydrogen (secondary N) is 1. The number of nitro groups is 1. The number of rotatable bonds is 6. The zero-order chi connectivity index (χ0) is 15.2. The lowest BCUT2D eigenvalue weighted by atomic mass is 9.97. The van der Waals surface area contributed by atoms with Gasteiger partial charge in [-0.2, -0.15) is 0 Å². The van der Waals surface area contributed by atoms with Crippen molar-refractivity contribution < 1.29 is 9.66 Å². The summed E-state index contributed by atoms with van der Waals surface area (Å²) in [7, 11) is 3.59. The molecule has 1 fully saturated rings. The highest BCUT2D eigenvalue weighted by Gasteiger charge is 2.20. The largest absolute Gasteiger partial charge is 0.388 e. The average Bonchev–Trinajstić information content (AvgIpc) is 2.49. The monoisotopic (exact) mass is 293 g/mol. The van der Waals surface area contributed by atoms with E-state index in [0.717, 1.165) is 50.3 Å². The van der Waals surface area contributed by atoms with Gasteiger partial charge in [0.2, 0.25) is 0 Å². The normalized spacial score (nSPS) is 16.9. The van der Waals surface area contributed by atoms with Crippen LogP contribution in [0.5, 0.6) is 0 Å². The summed E-state index contributed by atoms with van der Waals surface area (Å²) < 4.78 is 5.21. The molecule has 0 amide bonds. The molecule has 21 heavy (non-hydrogen) atoms. The Hall–Kier alpha value is -1.66. The molecule has 116 valence electrons. The topological polar surface area (TPSA) is 67.6 Å². The van der Waals surface area contributed by atoms with Crippen molar-refractivity contribution in [1.29, 1.82) is 0 Å². The molecule has 1 aliphatic heterocycles. The predicted molar refractivity (Wildman–Crippen MR) is 82.5 cm³/mol. The molecule has 0 radical (unpaired) electrons. The second-order valence-corrected chi connectivity index (χ2v) is 5.52. The van der Waals surface area contributed by atoms with Crippen molar-refractivity contribution in [2.45, 2.75) is 19.4 Å². The van der Waals surface area contributed by atoms with Gasteiger partial charge in [-0.3, -0.25) is 15.0 Å². The number of benzene rings is 1. The number of hydrogen-bond donors (Lipinski definition) is 1. The fraction of sp³-hybridized carbons (Fsp3) is 0.600. The zero-order valence-corrected chi connectivity index (χ0v) is 12.7. The van der Waals surface area contributed by atoms with Gasteiger partial charge in [-0.15, -0.1) is 0 Å². The van der Waals surface area contributed by atoms with E-state index >= 15 is 0 Å². The second kappa shape index (κ2) is 7.38. The molecule has 6 nitrogen and oxygen atoms in total. The summed E-state index contributed by atoms with van der Waals surface area (Å²) in [5.74, 6) is 0.639. The standard InChI is InChI=1S/C15H23N3O3/c1-16-15-4-3-14(18(19)20)9-13(15)10-17-7-5-12(6-8-17)11-21-2/h3-4,9,12,16H,5-8,10-11H2,1-2H3. The minimum atomic E-state index is -0.340. The number of anilines is 1. The SMILES string of the molecule is CNc1ccc([N+](=O)[O-])cc1CN1CCC(COC)CC1. The first kappa shape index (κ1) is 15.7. The highest BCUT2D eigenvalue weighted by atomic mass is 16.6. The second-order valence-electron chi connectivity index (χ2n) is 5.52. The summed E-state index contributed by atoms with van der Waals surface area (Å²) in [4.78, 5) is 12.9. The van der Waals surface area contributed by atoms with E-state index in [9.17, 15) is 10.1 Å². The van der Waals surface area contributed by atoms with Crippen molar-refractivity contribution in [1.82, 2.24) is 4.90 Å². The minimum Gasteiger partial charge on any atom is -0.388 e. The Bertz CT molecular complexity index is 485. The van der Waals surface area contributed by atoms with E-state index in [2.05, 4.69) is 10.2 Å². The lowest BCUT2D eigenvalue weighted by Gasteiger charge is -2.32. The van der Waals surface area contributed by atoms with Crippen LogP contribution < -0.4 is 5.32 Å². The van der Waals surface area contributed by atoms with Gasteiger partial charge < -0.3 is 10.1 Å². The molecular formula is C15H23N3O3.